The highest BCUT2D eigenvalue weighted by Crippen LogP contribution is 2.28. The summed E-state index contributed by atoms with van der Waals surface area (Å²) in [5.41, 5.74) is 1.56. The molecule has 1 atom stereocenters. The zero-order valence-electron chi connectivity index (χ0n) is 11.8. The second kappa shape index (κ2) is 6.33. The maximum atomic E-state index is 12.2. The van der Waals surface area contributed by atoms with Crippen LogP contribution in [0.25, 0.3) is 0 Å². The van der Waals surface area contributed by atoms with Crippen molar-refractivity contribution in [2.24, 2.45) is 0 Å². The Morgan fingerprint density at radius 2 is 2.25 bits per heavy atom. The van der Waals surface area contributed by atoms with E-state index in [-0.39, 0.29) is 6.03 Å². The highest BCUT2D eigenvalue weighted by Gasteiger charge is 2.22. The highest BCUT2D eigenvalue weighted by atomic mass is 35.5. The van der Waals surface area contributed by atoms with E-state index in [1.54, 1.807) is 17.0 Å². The molecule has 1 aliphatic rings. The van der Waals surface area contributed by atoms with Crippen molar-refractivity contribution in [1.29, 1.82) is 0 Å². The Morgan fingerprint density at radius 1 is 1.50 bits per heavy atom. The average molecular weight is 298 g/mol. The molecular formula is C14H20ClN3O2. The van der Waals surface area contributed by atoms with Gasteiger partial charge in [-0.3, -0.25) is 0 Å². The molecule has 1 heterocycles. The molecule has 20 heavy (non-hydrogen) atoms. The van der Waals surface area contributed by atoms with E-state index in [9.17, 15) is 9.90 Å². The maximum Gasteiger partial charge on any atom is 0.321 e. The first-order chi connectivity index (χ1) is 9.47. The van der Waals surface area contributed by atoms with Crippen LogP contribution in [0, 0.1) is 0 Å². The van der Waals surface area contributed by atoms with Crippen LogP contribution in [0.1, 0.15) is 12.8 Å². The summed E-state index contributed by atoms with van der Waals surface area (Å²) in [6.45, 7) is 1.05. The van der Waals surface area contributed by atoms with Gasteiger partial charge in [-0.1, -0.05) is 11.6 Å². The van der Waals surface area contributed by atoms with Gasteiger partial charge in [0.15, 0.2) is 0 Å². The fraction of sp³-hybridized carbons (Fsp3) is 0.500. The number of piperidine rings is 1. The minimum Gasteiger partial charge on any atom is -0.391 e. The molecule has 1 unspecified atom stereocenters. The van der Waals surface area contributed by atoms with Crippen LogP contribution in [0.15, 0.2) is 18.2 Å². The lowest BCUT2D eigenvalue weighted by atomic mass is 10.1. The summed E-state index contributed by atoms with van der Waals surface area (Å²) in [4.78, 5) is 15.8. The number of β-amino-alcohol motifs (C(OH)–C–C–N with tert-alkyl or cyclic N) is 1. The summed E-state index contributed by atoms with van der Waals surface area (Å²) in [6.07, 6.45) is 1.15. The summed E-state index contributed by atoms with van der Waals surface area (Å²) in [5.74, 6) is 0. The summed E-state index contributed by atoms with van der Waals surface area (Å²) in [6, 6.07) is 5.18. The molecule has 0 radical (unpaired) electrons. The molecule has 1 aliphatic heterocycles. The quantitative estimate of drug-likeness (QED) is 0.881. The van der Waals surface area contributed by atoms with Gasteiger partial charge >= 0.3 is 6.03 Å². The van der Waals surface area contributed by atoms with E-state index < -0.39 is 6.10 Å². The number of carbonyl (C=O) groups is 1. The first kappa shape index (κ1) is 14.9. The summed E-state index contributed by atoms with van der Waals surface area (Å²) in [5, 5.41) is 13.1. The van der Waals surface area contributed by atoms with Crippen LogP contribution in [0.2, 0.25) is 5.02 Å². The van der Waals surface area contributed by atoms with E-state index in [0.29, 0.717) is 23.8 Å². The van der Waals surface area contributed by atoms with E-state index >= 15 is 0 Å². The number of nitrogens with zero attached hydrogens (tertiary/aromatic N) is 2. The smallest absolute Gasteiger partial charge is 0.321 e. The molecule has 2 amide bonds. The molecule has 0 aliphatic carbocycles. The highest BCUT2D eigenvalue weighted by molar-refractivity contribution is 6.31. The van der Waals surface area contributed by atoms with Crippen molar-refractivity contribution in [2.45, 2.75) is 18.9 Å². The van der Waals surface area contributed by atoms with Crippen molar-refractivity contribution in [3.63, 3.8) is 0 Å². The van der Waals surface area contributed by atoms with Crippen molar-refractivity contribution in [1.82, 2.24) is 4.90 Å². The number of aliphatic hydroxyl groups excluding tert-OH is 1. The van der Waals surface area contributed by atoms with Crippen LogP contribution in [-0.4, -0.2) is 49.3 Å². The van der Waals surface area contributed by atoms with Crippen LogP contribution in [0.5, 0.6) is 0 Å². The summed E-state index contributed by atoms with van der Waals surface area (Å²) < 4.78 is 0. The third kappa shape index (κ3) is 3.55. The third-order valence-electron chi connectivity index (χ3n) is 3.37. The molecule has 0 bridgehead atoms. The van der Waals surface area contributed by atoms with Crippen molar-refractivity contribution < 1.29 is 9.90 Å². The second-order valence-electron chi connectivity index (χ2n) is 5.23. The van der Waals surface area contributed by atoms with Gasteiger partial charge in [0.1, 0.15) is 0 Å². The normalized spacial score (nSPS) is 18.8. The predicted octanol–water partition coefficient (Wildman–Crippen LogP) is 2.39. The van der Waals surface area contributed by atoms with Gasteiger partial charge in [0.25, 0.3) is 0 Å². The zero-order chi connectivity index (χ0) is 14.7. The molecule has 0 spiro atoms. The van der Waals surface area contributed by atoms with E-state index in [1.165, 1.54) is 0 Å². The number of nitrogens with one attached hydrogen (secondary N) is 1. The fourth-order valence-electron chi connectivity index (χ4n) is 2.33. The van der Waals surface area contributed by atoms with Crippen molar-refractivity contribution in [3.05, 3.63) is 23.2 Å². The number of aliphatic hydroxyl groups is 1. The number of carbonyl (C=O) groups excluding carboxylic acids is 1. The number of anilines is 2. The van der Waals surface area contributed by atoms with E-state index in [1.807, 2.05) is 25.1 Å². The number of urea groups is 1. The van der Waals surface area contributed by atoms with E-state index in [2.05, 4.69) is 5.32 Å². The number of hydrogen-bond acceptors (Lipinski definition) is 3. The maximum absolute atomic E-state index is 12.2. The molecule has 0 saturated carbocycles. The number of hydrogen-bond donors (Lipinski definition) is 2. The van der Waals surface area contributed by atoms with Gasteiger partial charge in [-0.15, -0.1) is 0 Å². The van der Waals surface area contributed by atoms with Gasteiger partial charge in [-0.25, -0.2) is 4.79 Å². The molecule has 1 aromatic carbocycles. The largest absolute Gasteiger partial charge is 0.391 e. The summed E-state index contributed by atoms with van der Waals surface area (Å²) >= 11 is 5.99. The Bertz CT molecular complexity index is 493. The molecule has 6 heteroatoms. The minimum atomic E-state index is -0.429. The molecular weight excluding hydrogens is 278 g/mol. The van der Waals surface area contributed by atoms with Crippen molar-refractivity contribution in [3.8, 4) is 0 Å². The first-order valence-corrected chi connectivity index (χ1v) is 7.06. The number of likely N-dealkylation sites (tertiary alicyclic amines) is 1. The monoisotopic (exact) mass is 297 g/mol. The van der Waals surface area contributed by atoms with Gasteiger partial charge < -0.3 is 20.2 Å². The molecule has 5 nitrogen and oxygen atoms in total. The second-order valence-corrected chi connectivity index (χ2v) is 5.66. The molecule has 2 rings (SSSR count). The van der Waals surface area contributed by atoms with Crippen LogP contribution in [-0.2, 0) is 0 Å². The molecule has 1 aromatic rings. The molecule has 1 saturated heterocycles. The lowest BCUT2D eigenvalue weighted by Crippen LogP contribution is -2.44. The van der Waals surface area contributed by atoms with Gasteiger partial charge in [0.2, 0.25) is 0 Å². The fourth-order valence-corrected chi connectivity index (χ4v) is 2.50. The molecule has 2 N–H and O–H groups in total. The van der Waals surface area contributed by atoms with Crippen molar-refractivity contribution >= 4 is 29.0 Å². The van der Waals surface area contributed by atoms with Gasteiger partial charge in [-0.2, -0.15) is 0 Å². The molecule has 1 fully saturated rings. The minimum absolute atomic E-state index is 0.200. The standard InChI is InChI=1S/C14H20ClN3O2/c1-17(2)13-6-5-10(15)8-12(13)16-14(20)18-7-3-4-11(19)9-18/h5-6,8,11,19H,3-4,7,9H2,1-2H3,(H,16,20). The van der Waals surface area contributed by atoms with Gasteiger partial charge in [-0.05, 0) is 31.0 Å². The average Bonchev–Trinajstić information content (AvgIpc) is 2.38. The van der Waals surface area contributed by atoms with Crippen molar-refractivity contribution in [2.75, 3.05) is 37.4 Å². The number of halogens is 1. The Hall–Kier alpha value is -1.46. The predicted molar refractivity (Wildman–Crippen MR) is 81.6 cm³/mol. The Morgan fingerprint density at radius 3 is 2.90 bits per heavy atom. The number of rotatable bonds is 2. The topological polar surface area (TPSA) is 55.8 Å². The molecule has 110 valence electrons. The van der Waals surface area contributed by atoms with Crippen LogP contribution in [0.4, 0.5) is 16.2 Å². The first-order valence-electron chi connectivity index (χ1n) is 6.68. The van der Waals surface area contributed by atoms with Crippen LogP contribution in [0.3, 0.4) is 0 Å². The van der Waals surface area contributed by atoms with Crippen LogP contribution >= 0.6 is 11.6 Å². The Labute approximate surface area is 124 Å². The number of amides is 2. The van der Waals surface area contributed by atoms with Gasteiger partial charge in [0, 0.05) is 32.2 Å². The van der Waals surface area contributed by atoms with E-state index in [4.69, 9.17) is 11.6 Å². The van der Waals surface area contributed by atoms with Crippen LogP contribution < -0.4 is 10.2 Å². The zero-order valence-corrected chi connectivity index (χ0v) is 12.5. The third-order valence-corrected chi connectivity index (χ3v) is 3.60. The number of benzene rings is 1. The summed E-state index contributed by atoms with van der Waals surface area (Å²) in [7, 11) is 3.81. The lowest BCUT2D eigenvalue weighted by Gasteiger charge is -2.30. The molecule has 0 aromatic heterocycles. The van der Waals surface area contributed by atoms with E-state index in [0.717, 1.165) is 18.5 Å². The SMILES string of the molecule is CN(C)c1ccc(Cl)cc1NC(=O)N1CCCC(O)C1. The van der Waals surface area contributed by atoms with Gasteiger partial charge in [0.05, 0.1) is 17.5 Å². The lowest BCUT2D eigenvalue weighted by molar-refractivity contribution is 0.0883. The Balaban J connectivity index is 2.12. The Kier molecular flexibility index (Phi) is 4.73.